The fourth-order valence-electron chi connectivity index (χ4n) is 4.71. The number of nitro benzene ring substituents is 1. The Labute approximate surface area is 227 Å². The Bertz CT molecular complexity index is 1210. The van der Waals surface area contributed by atoms with E-state index in [1.165, 1.54) is 29.2 Å². The van der Waals surface area contributed by atoms with Gasteiger partial charge in [0, 0.05) is 12.1 Å². The largest absolute Gasteiger partial charge is 0.874 e. The fourth-order valence-corrected chi connectivity index (χ4v) is 4.71. The van der Waals surface area contributed by atoms with Crippen LogP contribution in [0.15, 0.2) is 66.1 Å². The second kappa shape index (κ2) is 13.0. The third-order valence-electron chi connectivity index (χ3n) is 7.23. The van der Waals surface area contributed by atoms with E-state index in [1.807, 2.05) is 20.8 Å². The summed E-state index contributed by atoms with van der Waals surface area (Å²) in [4.78, 5) is 49.9. The van der Waals surface area contributed by atoms with Crippen molar-refractivity contribution in [2.75, 3.05) is 26.2 Å². The topological polar surface area (TPSA) is 139 Å². The zero-order valence-corrected chi connectivity index (χ0v) is 22.3. The predicted octanol–water partition coefficient (Wildman–Crippen LogP) is 2.89. The summed E-state index contributed by atoms with van der Waals surface area (Å²) in [7, 11) is 0. The van der Waals surface area contributed by atoms with Gasteiger partial charge in [0.15, 0.2) is 6.17 Å². The van der Waals surface area contributed by atoms with Crippen LogP contribution in [-0.4, -0.2) is 64.6 Å². The molecule has 1 heterocycles. The number of carbonyl (C=O) groups excluding carboxylic acids is 3. The highest BCUT2D eigenvalue weighted by Gasteiger charge is 2.52. The Morgan fingerprint density at radius 3 is 2.15 bits per heavy atom. The summed E-state index contributed by atoms with van der Waals surface area (Å²) >= 11 is 0. The summed E-state index contributed by atoms with van der Waals surface area (Å²) in [5.41, 5.74) is 0.293. The number of rotatable bonds is 13. The molecule has 1 amide bonds. The van der Waals surface area contributed by atoms with Crippen LogP contribution < -0.4 is 5.11 Å². The van der Waals surface area contributed by atoms with Crippen LogP contribution >= 0.6 is 0 Å². The zero-order valence-electron chi connectivity index (χ0n) is 22.3. The molecular formula is C28H33N3O8. The Balaban J connectivity index is 1.83. The van der Waals surface area contributed by atoms with Crippen molar-refractivity contribution < 1.29 is 38.4 Å². The minimum atomic E-state index is -0.979. The summed E-state index contributed by atoms with van der Waals surface area (Å²) in [6, 6.07) is 13.7. The molecule has 0 bridgehead atoms. The number of non-ortho nitro benzene ring substituents is 1. The number of hydrogen-bond acceptors (Lipinski definition) is 8. The Morgan fingerprint density at radius 2 is 1.62 bits per heavy atom. The van der Waals surface area contributed by atoms with E-state index >= 15 is 0 Å². The van der Waals surface area contributed by atoms with Crippen LogP contribution in [0.25, 0.3) is 0 Å². The van der Waals surface area contributed by atoms with Crippen LogP contribution in [-0.2, 0) is 25.7 Å². The molecule has 0 N–H and O–H groups in total. The molecule has 2 aromatic carbocycles. The summed E-state index contributed by atoms with van der Waals surface area (Å²) in [6.45, 7) is 7.51. The first-order valence-electron chi connectivity index (χ1n) is 12.9. The van der Waals surface area contributed by atoms with Crippen molar-refractivity contribution in [2.45, 2.75) is 46.4 Å². The van der Waals surface area contributed by atoms with Gasteiger partial charge in [0.1, 0.15) is 18.7 Å². The maximum Gasteiger partial charge on any atom is 0.354 e. The number of nitro groups is 1. The second-order valence-corrected chi connectivity index (χ2v) is 9.14. The zero-order chi connectivity index (χ0) is 28.6. The molecule has 0 aliphatic carbocycles. The maximum absolute atomic E-state index is 13.3. The maximum atomic E-state index is 13.3. The number of benzene rings is 2. The second-order valence-electron chi connectivity index (χ2n) is 9.14. The van der Waals surface area contributed by atoms with Gasteiger partial charge in [-0.25, -0.2) is 9.59 Å². The van der Waals surface area contributed by atoms with Gasteiger partial charge in [0.05, 0.1) is 36.7 Å². The molecule has 0 saturated carbocycles. The van der Waals surface area contributed by atoms with Crippen LogP contribution in [0.4, 0.5) is 5.69 Å². The molecule has 1 unspecified atom stereocenters. The lowest BCUT2D eigenvalue weighted by atomic mass is 10.0. The van der Waals surface area contributed by atoms with E-state index in [-0.39, 0.29) is 37.6 Å². The minimum absolute atomic E-state index is 0.112. The number of esters is 2. The number of β-lactam (4-membered cyclic amide) rings is 1. The summed E-state index contributed by atoms with van der Waals surface area (Å²) in [5, 5.41) is 24.2. The smallest absolute Gasteiger partial charge is 0.354 e. The summed E-state index contributed by atoms with van der Waals surface area (Å²) < 4.78 is 11.1. The summed E-state index contributed by atoms with van der Waals surface area (Å²) in [6.07, 6.45) is -0.540. The van der Waals surface area contributed by atoms with Crippen molar-refractivity contribution >= 4 is 23.5 Å². The number of ether oxygens (including phenoxy) is 2. The van der Waals surface area contributed by atoms with Gasteiger partial charge in [-0.2, -0.15) is 0 Å². The van der Waals surface area contributed by atoms with E-state index in [0.717, 1.165) is 0 Å². The molecule has 3 rings (SSSR count). The van der Waals surface area contributed by atoms with Crippen molar-refractivity contribution in [1.29, 1.82) is 0 Å². The molecule has 208 valence electrons. The third kappa shape index (κ3) is 6.61. The first-order chi connectivity index (χ1) is 18.7. The van der Waals surface area contributed by atoms with Gasteiger partial charge in [-0.05, 0) is 57.0 Å². The van der Waals surface area contributed by atoms with Crippen molar-refractivity contribution in [2.24, 2.45) is 0 Å². The highest BCUT2D eigenvalue weighted by molar-refractivity contribution is 5.97. The molecule has 11 nitrogen and oxygen atoms in total. The van der Waals surface area contributed by atoms with E-state index in [4.69, 9.17) is 9.47 Å². The molecule has 1 aliphatic heterocycles. The standard InChI is InChI=1S/C28H33N3O8/c1-4-31(5-2,6-3)24-18-25(33)29(24)26(23(32)16-17-38-27(34)21-10-8-7-9-11-21)28(35)39-19-20-12-14-22(15-13-20)30(36)37/h7-15,24H,4-6,16-19H2,1-3H3. The molecule has 1 aliphatic rings. The van der Waals surface area contributed by atoms with Crippen LogP contribution in [0.5, 0.6) is 0 Å². The Morgan fingerprint density at radius 1 is 1.00 bits per heavy atom. The van der Waals surface area contributed by atoms with Gasteiger partial charge in [-0.1, -0.05) is 24.0 Å². The van der Waals surface area contributed by atoms with E-state index in [1.54, 1.807) is 30.3 Å². The number of quaternary nitrogens is 1. The van der Waals surface area contributed by atoms with Crippen LogP contribution in [0.2, 0.25) is 0 Å². The molecule has 2 aromatic rings. The third-order valence-corrected chi connectivity index (χ3v) is 7.23. The van der Waals surface area contributed by atoms with Gasteiger partial charge in [0.25, 0.3) is 5.69 Å². The molecule has 1 saturated heterocycles. The van der Waals surface area contributed by atoms with E-state index in [0.29, 0.717) is 35.2 Å². The van der Waals surface area contributed by atoms with E-state index in [2.05, 4.69) is 0 Å². The molecule has 39 heavy (non-hydrogen) atoms. The predicted molar refractivity (Wildman–Crippen MR) is 138 cm³/mol. The molecule has 1 fully saturated rings. The average Bonchev–Trinajstić information content (AvgIpc) is 2.95. The lowest BCUT2D eigenvalue weighted by molar-refractivity contribution is -0.958. The van der Waals surface area contributed by atoms with Crippen molar-refractivity contribution in [1.82, 2.24) is 4.90 Å². The first-order valence-corrected chi connectivity index (χ1v) is 12.9. The van der Waals surface area contributed by atoms with E-state index < -0.39 is 34.5 Å². The van der Waals surface area contributed by atoms with Gasteiger partial charge in [-0.15, -0.1) is 0 Å². The first kappa shape index (κ1) is 29.3. The van der Waals surface area contributed by atoms with Crippen LogP contribution in [0.3, 0.4) is 0 Å². The molecule has 0 aromatic heterocycles. The number of carbonyl (C=O) groups is 3. The fraction of sp³-hybridized carbons (Fsp3) is 0.393. The lowest BCUT2D eigenvalue weighted by Crippen LogP contribution is -2.70. The van der Waals surface area contributed by atoms with Crippen molar-refractivity contribution in [3.05, 3.63) is 87.3 Å². The van der Waals surface area contributed by atoms with Crippen LogP contribution in [0, 0.1) is 10.1 Å². The van der Waals surface area contributed by atoms with Crippen LogP contribution in [0.1, 0.15) is 49.5 Å². The van der Waals surface area contributed by atoms with E-state index in [9.17, 15) is 29.6 Å². The molecule has 0 radical (unpaired) electrons. The lowest BCUT2D eigenvalue weighted by Gasteiger charge is -2.53. The highest BCUT2D eigenvalue weighted by Crippen LogP contribution is 2.34. The minimum Gasteiger partial charge on any atom is -0.874 e. The average molecular weight is 540 g/mol. The SMILES string of the molecule is CC[N+](CC)(CC)C1CC(=O)N1/C(C(=O)OCc1ccc([N+](=O)[O-])cc1)=C(/[O-])CCOC(=O)c1ccccc1. The number of nitrogens with zero attached hydrogens (tertiary/aromatic N) is 3. The molecule has 0 spiro atoms. The number of hydrogen-bond donors (Lipinski definition) is 0. The van der Waals surface area contributed by atoms with Gasteiger partial charge >= 0.3 is 11.9 Å². The number of likely N-dealkylation sites (tertiary alicyclic amines) is 1. The normalized spacial score (nSPS) is 15.7. The van der Waals surface area contributed by atoms with Gasteiger partial charge < -0.3 is 19.1 Å². The molecular weight excluding hydrogens is 506 g/mol. The van der Waals surface area contributed by atoms with Gasteiger partial charge in [-0.3, -0.25) is 19.8 Å². The van der Waals surface area contributed by atoms with Crippen molar-refractivity contribution in [3.63, 3.8) is 0 Å². The molecule has 1 atom stereocenters. The highest BCUT2D eigenvalue weighted by atomic mass is 16.6. The number of amides is 1. The molecule has 11 heteroatoms. The van der Waals surface area contributed by atoms with Gasteiger partial charge in [0.2, 0.25) is 5.91 Å². The van der Waals surface area contributed by atoms with Crippen molar-refractivity contribution in [3.8, 4) is 0 Å². The summed E-state index contributed by atoms with van der Waals surface area (Å²) in [5.74, 6) is -2.63. The monoisotopic (exact) mass is 539 g/mol. The quantitative estimate of drug-likeness (QED) is 0.0720. The Hall–Kier alpha value is -4.25. The Kier molecular flexibility index (Phi) is 9.78.